The Hall–Kier alpha value is -2.54. The Bertz CT molecular complexity index is 880. The molecule has 7 heteroatoms. The van der Waals surface area contributed by atoms with Crippen LogP contribution in [0.5, 0.6) is 0 Å². The van der Waals surface area contributed by atoms with E-state index in [0.29, 0.717) is 19.6 Å². The van der Waals surface area contributed by atoms with Gasteiger partial charge in [0.1, 0.15) is 12.2 Å². The van der Waals surface area contributed by atoms with Crippen LogP contribution in [0.4, 0.5) is 15.3 Å². The van der Waals surface area contributed by atoms with Crippen LogP contribution in [0.25, 0.3) is 0 Å². The highest BCUT2D eigenvalue weighted by molar-refractivity contribution is 9.10. The Labute approximate surface area is 179 Å². The van der Waals surface area contributed by atoms with Crippen molar-refractivity contribution in [1.82, 2.24) is 4.90 Å². The Morgan fingerprint density at radius 1 is 1.03 bits per heavy atom. The van der Waals surface area contributed by atoms with Crippen LogP contribution in [-0.2, 0) is 22.6 Å². The fourth-order valence-corrected chi connectivity index (χ4v) is 3.45. The van der Waals surface area contributed by atoms with E-state index in [0.717, 1.165) is 21.3 Å². The molecule has 0 spiro atoms. The molecule has 0 bridgehead atoms. The third kappa shape index (κ3) is 5.73. The molecule has 0 N–H and O–H groups in total. The van der Waals surface area contributed by atoms with Gasteiger partial charge in [-0.25, -0.2) is 9.59 Å². The highest BCUT2D eigenvalue weighted by Crippen LogP contribution is 2.29. The summed E-state index contributed by atoms with van der Waals surface area (Å²) in [4.78, 5) is 28.6. The lowest BCUT2D eigenvalue weighted by Gasteiger charge is -2.26. The van der Waals surface area contributed by atoms with Gasteiger partial charge >= 0.3 is 12.2 Å². The summed E-state index contributed by atoms with van der Waals surface area (Å²) in [7, 11) is 0. The van der Waals surface area contributed by atoms with E-state index in [9.17, 15) is 9.59 Å². The lowest BCUT2D eigenvalue weighted by molar-refractivity contribution is 0.0242. The van der Waals surface area contributed by atoms with Gasteiger partial charge < -0.3 is 14.4 Å². The van der Waals surface area contributed by atoms with E-state index >= 15 is 0 Å². The van der Waals surface area contributed by atoms with Gasteiger partial charge in [0.05, 0.1) is 12.2 Å². The second-order valence-electron chi connectivity index (χ2n) is 7.87. The number of fused-ring (bicyclic) bond motifs is 1. The Morgan fingerprint density at radius 3 is 2.45 bits per heavy atom. The smallest absolute Gasteiger partial charge is 0.414 e. The number of rotatable bonds is 2. The molecule has 2 aromatic carbocycles. The van der Waals surface area contributed by atoms with Crippen LogP contribution in [0.1, 0.15) is 31.9 Å². The molecular weight excluding hydrogens is 436 g/mol. The van der Waals surface area contributed by atoms with E-state index < -0.39 is 17.8 Å². The normalized spacial score (nSPS) is 14.1. The zero-order valence-electron chi connectivity index (χ0n) is 16.9. The monoisotopic (exact) mass is 460 g/mol. The van der Waals surface area contributed by atoms with Gasteiger partial charge in [0.2, 0.25) is 0 Å². The van der Waals surface area contributed by atoms with Gasteiger partial charge in [0.15, 0.2) is 0 Å². The second-order valence-corrected chi connectivity index (χ2v) is 8.78. The van der Waals surface area contributed by atoms with Crippen LogP contribution < -0.4 is 4.90 Å². The minimum absolute atomic E-state index is 0.192. The summed E-state index contributed by atoms with van der Waals surface area (Å²) in [6.07, 6.45) is -0.841. The average molecular weight is 461 g/mol. The number of anilines is 1. The van der Waals surface area contributed by atoms with Crippen LogP contribution in [0.2, 0.25) is 0 Å². The first-order valence-corrected chi connectivity index (χ1v) is 10.3. The highest BCUT2D eigenvalue weighted by Gasteiger charge is 2.30. The highest BCUT2D eigenvalue weighted by atomic mass is 79.9. The standard InChI is InChI=1S/C22H25BrN2O4/c1-22(2,3)29-20(26)24-11-12-25(19-10-9-18(23)13-17(19)14-24)21(27)28-15-16-7-5-4-6-8-16/h4-10,13H,11-12,14-15H2,1-3H3. The van der Waals surface area contributed by atoms with Crippen molar-refractivity contribution in [2.75, 3.05) is 18.0 Å². The predicted octanol–water partition coefficient (Wildman–Crippen LogP) is 5.34. The van der Waals surface area contributed by atoms with Crippen LogP contribution >= 0.6 is 15.9 Å². The van der Waals surface area contributed by atoms with Crippen molar-refractivity contribution in [3.8, 4) is 0 Å². The molecule has 2 amide bonds. The van der Waals surface area contributed by atoms with E-state index in [4.69, 9.17) is 9.47 Å². The van der Waals surface area contributed by atoms with Crippen LogP contribution in [-0.4, -0.2) is 35.8 Å². The minimum Gasteiger partial charge on any atom is -0.444 e. The summed E-state index contributed by atoms with van der Waals surface area (Å²) < 4.78 is 11.9. The summed E-state index contributed by atoms with van der Waals surface area (Å²) in [5.74, 6) is 0. The molecule has 0 radical (unpaired) electrons. The van der Waals surface area contributed by atoms with Crippen LogP contribution in [0, 0.1) is 0 Å². The van der Waals surface area contributed by atoms with Crippen molar-refractivity contribution in [3.05, 3.63) is 64.1 Å². The maximum atomic E-state index is 12.8. The second kappa shape index (κ2) is 8.86. The molecule has 1 aliphatic heterocycles. The Kier molecular flexibility index (Phi) is 6.47. The molecule has 3 rings (SSSR count). The molecule has 0 aromatic heterocycles. The number of hydrogen-bond acceptors (Lipinski definition) is 4. The molecule has 6 nitrogen and oxygen atoms in total. The molecule has 0 aliphatic carbocycles. The van der Waals surface area contributed by atoms with E-state index in [-0.39, 0.29) is 6.61 Å². The lowest BCUT2D eigenvalue weighted by Crippen LogP contribution is -2.40. The average Bonchev–Trinajstić information content (AvgIpc) is 2.85. The number of carbonyl (C=O) groups is 2. The van der Waals surface area contributed by atoms with E-state index in [1.807, 2.05) is 69.3 Å². The molecule has 0 unspecified atom stereocenters. The van der Waals surface area contributed by atoms with Crippen molar-refractivity contribution < 1.29 is 19.1 Å². The maximum absolute atomic E-state index is 12.8. The van der Waals surface area contributed by atoms with E-state index in [1.165, 1.54) is 0 Å². The molecule has 0 fully saturated rings. The van der Waals surface area contributed by atoms with Gasteiger partial charge in [-0.1, -0.05) is 46.3 Å². The molecule has 2 aromatic rings. The van der Waals surface area contributed by atoms with Gasteiger partial charge in [0.25, 0.3) is 0 Å². The summed E-state index contributed by atoms with van der Waals surface area (Å²) in [5, 5.41) is 0. The van der Waals surface area contributed by atoms with Gasteiger partial charge in [-0.3, -0.25) is 4.90 Å². The number of benzene rings is 2. The third-order valence-corrected chi connectivity index (χ3v) is 4.86. The fourth-order valence-electron chi connectivity index (χ4n) is 3.04. The third-order valence-electron chi connectivity index (χ3n) is 4.36. The van der Waals surface area contributed by atoms with Crippen molar-refractivity contribution >= 4 is 33.8 Å². The summed E-state index contributed by atoms with van der Waals surface area (Å²) in [6.45, 7) is 6.72. The largest absolute Gasteiger partial charge is 0.444 e. The van der Waals surface area contributed by atoms with Gasteiger partial charge in [-0.15, -0.1) is 0 Å². The molecule has 0 atom stereocenters. The van der Waals surface area contributed by atoms with Gasteiger partial charge in [-0.2, -0.15) is 0 Å². The minimum atomic E-state index is -0.586. The predicted molar refractivity (Wildman–Crippen MR) is 115 cm³/mol. The molecule has 1 aliphatic rings. The van der Waals surface area contributed by atoms with Gasteiger partial charge in [-0.05, 0) is 50.1 Å². The molecular formula is C22H25BrN2O4. The number of nitrogens with zero attached hydrogens (tertiary/aromatic N) is 2. The first-order chi connectivity index (χ1) is 13.7. The SMILES string of the molecule is CC(C)(C)OC(=O)N1CCN(C(=O)OCc2ccccc2)c2ccc(Br)cc2C1. The Morgan fingerprint density at radius 2 is 1.76 bits per heavy atom. The van der Waals surface area contributed by atoms with Gasteiger partial charge in [0, 0.05) is 17.6 Å². The number of amides is 2. The van der Waals surface area contributed by atoms with Crippen molar-refractivity contribution in [1.29, 1.82) is 0 Å². The Balaban J connectivity index is 1.79. The van der Waals surface area contributed by atoms with Crippen molar-refractivity contribution in [3.63, 3.8) is 0 Å². The number of hydrogen-bond donors (Lipinski definition) is 0. The zero-order valence-corrected chi connectivity index (χ0v) is 18.4. The summed E-state index contributed by atoms with van der Waals surface area (Å²) in [5.41, 5.74) is 1.91. The molecule has 154 valence electrons. The molecule has 0 saturated heterocycles. The van der Waals surface area contributed by atoms with E-state index in [1.54, 1.807) is 9.80 Å². The maximum Gasteiger partial charge on any atom is 0.414 e. The first-order valence-electron chi connectivity index (χ1n) is 9.47. The summed E-state index contributed by atoms with van der Waals surface area (Å²) in [6, 6.07) is 15.2. The molecule has 0 saturated carbocycles. The molecule has 1 heterocycles. The lowest BCUT2D eigenvalue weighted by atomic mass is 10.1. The van der Waals surface area contributed by atoms with Crippen molar-refractivity contribution in [2.24, 2.45) is 0 Å². The summed E-state index contributed by atoms with van der Waals surface area (Å²) >= 11 is 3.47. The van der Waals surface area contributed by atoms with Crippen LogP contribution in [0.15, 0.2) is 53.0 Å². The van der Waals surface area contributed by atoms with Crippen LogP contribution in [0.3, 0.4) is 0 Å². The van der Waals surface area contributed by atoms with E-state index in [2.05, 4.69) is 15.9 Å². The number of ether oxygens (including phenoxy) is 2. The quantitative estimate of drug-likeness (QED) is 0.606. The topological polar surface area (TPSA) is 59.1 Å². The number of halogens is 1. The van der Waals surface area contributed by atoms with Crippen molar-refractivity contribution in [2.45, 2.75) is 39.5 Å². The zero-order chi connectivity index (χ0) is 21.0. The fraction of sp³-hybridized carbons (Fsp3) is 0.364. The molecule has 29 heavy (non-hydrogen) atoms. The number of carbonyl (C=O) groups excluding carboxylic acids is 2. The first kappa shape index (κ1) is 21.2.